The Morgan fingerprint density at radius 1 is 1.27 bits per heavy atom. The molecule has 2 N–H and O–H groups in total. The van der Waals surface area contributed by atoms with Crippen molar-refractivity contribution in [3.8, 4) is 0 Å². The Hall–Kier alpha value is -1.96. The number of carbonyl (C=O) groups is 1. The van der Waals surface area contributed by atoms with Gasteiger partial charge in [0.25, 0.3) is 10.0 Å². The fourth-order valence-corrected chi connectivity index (χ4v) is 4.28. The second kappa shape index (κ2) is 9.12. The molecule has 0 saturated carbocycles. The van der Waals surface area contributed by atoms with Crippen LogP contribution in [-0.2, 0) is 14.8 Å². The third kappa shape index (κ3) is 5.52. The van der Waals surface area contributed by atoms with E-state index in [1.54, 1.807) is 49.4 Å². The van der Waals surface area contributed by atoms with Gasteiger partial charge in [-0.3, -0.25) is 9.52 Å². The van der Waals surface area contributed by atoms with Crippen LogP contribution in [0.1, 0.15) is 5.56 Å². The maximum atomic E-state index is 12.7. The van der Waals surface area contributed by atoms with Gasteiger partial charge < -0.3 is 5.32 Å². The summed E-state index contributed by atoms with van der Waals surface area (Å²) in [5.74, 6) is 0.728. The largest absolute Gasteiger partial charge is 0.325 e. The van der Waals surface area contributed by atoms with Crippen molar-refractivity contribution in [2.45, 2.75) is 11.8 Å². The lowest BCUT2D eigenvalue weighted by Crippen LogP contribution is -2.17. The fourth-order valence-electron chi connectivity index (χ4n) is 2.14. The summed E-state index contributed by atoms with van der Waals surface area (Å²) in [4.78, 5) is 12.0. The van der Waals surface area contributed by atoms with Crippen LogP contribution in [0.5, 0.6) is 0 Å². The van der Waals surface area contributed by atoms with Crippen LogP contribution in [0.2, 0.25) is 5.02 Å². The lowest BCUT2D eigenvalue weighted by Gasteiger charge is -2.13. The number of anilines is 2. The first-order valence-electron chi connectivity index (χ1n) is 7.70. The van der Waals surface area contributed by atoms with Crippen LogP contribution >= 0.6 is 23.4 Å². The van der Waals surface area contributed by atoms with Crippen molar-refractivity contribution in [2.24, 2.45) is 0 Å². The number of thioether (sulfide) groups is 1. The van der Waals surface area contributed by atoms with Gasteiger partial charge in [-0.1, -0.05) is 35.9 Å². The van der Waals surface area contributed by atoms with Crippen molar-refractivity contribution in [1.82, 2.24) is 0 Å². The predicted octanol–water partition coefficient (Wildman–Crippen LogP) is 4.31. The smallest absolute Gasteiger partial charge is 0.262 e. The van der Waals surface area contributed by atoms with Gasteiger partial charge >= 0.3 is 0 Å². The van der Waals surface area contributed by atoms with Gasteiger partial charge in [-0.05, 0) is 36.8 Å². The fraction of sp³-hybridized carbons (Fsp3) is 0.167. The quantitative estimate of drug-likeness (QED) is 0.502. The molecule has 0 aromatic heterocycles. The summed E-state index contributed by atoms with van der Waals surface area (Å²) in [6.07, 6.45) is 1.72. The van der Waals surface area contributed by atoms with Crippen LogP contribution in [0.4, 0.5) is 11.4 Å². The molecule has 2 aromatic carbocycles. The van der Waals surface area contributed by atoms with E-state index in [4.69, 9.17) is 11.6 Å². The molecule has 0 aliphatic heterocycles. The first kappa shape index (κ1) is 20.4. The summed E-state index contributed by atoms with van der Waals surface area (Å²) in [6, 6.07) is 11.3. The van der Waals surface area contributed by atoms with Crippen molar-refractivity contribution in [3.63, 3.8) is 0 Å². The SMILES string of the molecule is C=CCSCC(=O)Nc1ccc(C)c(S(=O)(=O)Nc2ccccc2Cl)c1. The van der Waals surface area contributed by atoms with E-state index in [1.807, 2.05) is 0 Å². The molecule has 2 aromatic rings. The molecule has 0 fully saturated rings. The maximum absolute atomic E-state index is 12.7. The molecule has 26 heavy (non-hydrogen) atoms. The van der Waals surface area contributed by atoms with Crippen molar-refractivity contribution in [1.29, 1.82) is 0 Å². The Morgan fingerprint density at radius 3 is 2.69 bits per heavy atom. The molecule has 0 aliphatic rings. The molecule has 0 heterocycles. The number of hydrogen-bond acceptors (Lipinski definition) is 4. The van der Waals surface area contributed by atoms with Crippen LogP contribution in [0.25, 0.3) is 0 Å². The van der Waals surface area contributed by atoms with E-state index in [-0.39, 0.29) is 16.6 Å². The summed E-state index contributed by atoms with van der Waals surface area (Å²) in [5.41, 5.74) is 1.27. The van der Waals surface area contributed by atoms with E-state index >= 15 is 0 Å². The lowest BCUT2D eigenvalue weighted by molar-refractivity contribution is -0.113. The van der Waals surface area contributed by atoms with E-state index in [1.165, 1.54) is 17.8 Å². The van der Waals surface area contributed by atoms with Gasteiger partial charge in [0.1, 0.15) is 0 Å². The summed E-state index contributed by atoms with van der Waals surface area (Å²) in [7, 11) is -3.85. The van der Waals surface area contributed by atoms with Gasteiger partial charge in [0, 0.05) is 11.4 Å². The van der Waals surface area contributed by atoms with E-state index in [0.717, 1.165) is 0 Å². The van der Waals surface area contributed by atoms with E-state index in [2.05, 4.69) is 16.6 Å². The normalized spacial score (nSPS) is 11.0. The molecule has 0 spiro atoms. The molecule has 0 bridgehead atoms. The molecule has 8 heteroatoms. The van der Waals surface area contributed by atoms with Gasteiger partial charge in [0.2, 0.25) is 5.91 Å². The Morgan fingerprint density at radius 2 is 2.00 bits per heavy atom. The molecule has 2 rings (SSSR count). The average Bonchev–Trinajstić information content (AvgIpc) is 2.58. The van der Waals surface area contributed by atoms with Crippen molar-refractivity contribution in [2.75, 3.05) is 21.5 Å². The number of sulfonamides is 1. The predicted molar refractivity (Wildman–Crippen MR) is 110 cm³/mol. The van der Waals surface area contributed by atoms with Crippen molar-refractivity contribution >= 4 is 50.7 Å². The Balaban J connectivity index is 2.21. The number of amides is 1. The average molecular weight is 411 g/mol. The Labute approximate surface area is 162 Å². The standard InChI is InChI=1S/C18H19ClN2O3S2/c1-3-10-25-12-18(22)20-14-9-8-13(2)17(11-14)26(23,24)21-16-7-5-4-6-15(16)19/h3-9,11,21H,1,10,12H2,2H3,(H,20,22). The number of carbonyl (C=O) groups excluding carboxylic acids is 1. The number of halogens is 1. The molecule has 0 unspecified atom stereocenters. The zero-order chi connectivity index (χ0) is 19.2. The van der Waals surface area contributed by atoms with Gasteiger partial charge in [0.05, 0.1) is 21.4 Å². The molecule has 1 amide bonds. The lowest BCUT2D eigenvalue weighted by atomic mass is 10.2. The molecular formula is C18H19ClN2O3S2. The molecule has 0 atom stereocenters. The highest BCUT2D eigenvalue weighted by atomic mass is 35.5. The van der Waals surface area contributed by atoms with E-state index in [9.17, 15) is 13.2 Å². The van der Waals surface area contributed by atoms with Crippen molar-refractivity contribution in [3.05, 3.63) is 65.7 Å². The molecular weight excluding hydrogens is 392 g/mol. The molecule has 138 valence electrons. The minimum Gasteiger partial charge on any atom is -0.325 e. The number of nitrogens with one attached hydrogen (secondary N) is 2. The van der Waals surface area contributed by atoms with Crippen molar-refractivity contribution < 1.29 is 13.2 Å². The van der Waals surface area contributed by atoms with E-state index in [0.29, 0.717) is 27.7 Å². The summed E-state index contributed by atoms with van der Waals surface area (Å²) >= 11 is 7.45. The van der Waals surface area contributed by atoms with Crippen LogP contribution in [0, 0.1) is 6.92 Å². The summed E-state index contributed by atoms with van der Waals surface area (Å²) in [6.45, 7) is 5.28. The number of rotatable bonds is 8. The first-order valence-corrected chi connectivity index (χ1v) is 10.7. The minimum absolute atomic E-state index is 0.0777. The zero-order valence-corrected chi connectivity index (χ0v) is 16.5. The first-order chi connectivity index (χ1) is 12.3. The summed E-state index contributed by atoms with van der Waals surface area (Å²) in [5, 5.41) is 3.01. The number of benzene rings is 2. The topological polar surface area (TPSA) is 75.3 Å². The molecule has 0 radical (unpaired) electrons. The van der Waals surface area contributed by atoms with Gasteiger partial charge in [-0.2, -0.15) is 0 Å². The Kier molecular flexibility index (Phi) is 7.14. The number of para-hydroxylation sites is 1. The highest BCUT2D eigenvalue weighted by Gasteiger charge is 2.19. The molecule has 0 aliphatic carbocycles. The second-order valence-electron chi connectivity index (χ2n) is 5.42. The molecule has 0 saturated heterocycles. The molecule has 5 nitrogen and oxygen atoms in total. The third-order valence-electron chi connectivity index (χ3n) is 3.35. The van der Waals surface area contributed by atoms with Crippen LogP contribution in [0.15, 0.2) is 60.0 Å². The van der Waals surface area contributed by atoms with E-state index < -0.39 is 10.0 Å². The van der Waals surface area contributed by atoms with Gasteiger partial charge in [0.15, 0.2) is 0 Å². The Bertz CT molecular complexity index is 914. The van der Waals surface area contributed by atoms with Crippen LogP contribution in [-0.4, -0.2) is 25.8 Å². The number of hydrogen-bond donors (Lipinski definition) is 2. The third-order valence-corrected chi connectivity index (χ3v) is 6.12. The van der Waals surface area contributed by atoms with Gasteiger partial charge in [-0.25, -0.2) is 8.42 Å². The summed E-state index contributed by atoms with van der Waals surface area (Å²) < 4.78 is 27.9. The minimum atomic E-state index is -3.85. The highest BCUT2D eigenvalue weighted by Crippen LogP contribution is 2.26. The second-order valence-corrected chi connectivity index (χ2v) is 8.51. The van der Waals surface area contributed by atoms with Crippen LogP contribution in [0.3, 0.4) is 0 Å². The zero-order valence-electron chi connectivity index (χ0n) is 14.2. The van der Waals surface area contributed by atoms with Crippen LogP contribution < -0.4 is 10.0 Å². The van der Waals surface area contributed by atoms with Gasteiger partial charge in [-0.15, -0.1) is 18.3 Å². The highest BCUT2D eigenvalue weighted by molar-refractivity contribution is 8.00. The number of aryl methyl sites for hydroxylation is 1. The maximum Gasteiger partial charge on any atom is 0.262 e. The monoisotopic (exact) mass is 410 g/mol.